The maximum Gasteiger partial charge on any atom is 0.323 e. The van der Waals surface area contributed by atoms with Crippen molar-refractivity contribution in [3.63, 3.8) is 0 Å². The van der Waals surface area contributed by atoms with Gasteiger partial charge in [-0.2, -0.15) is 0 Å². The van der Waals surface area contributed by atoms with Gasteiger partial charge in [0, 0.05) is 0 Å². The Kier molecular flexibility index (Phi) is 11.8. The van der Waals surface area contributed by atoms with E-state index in [0.29, 0.717) is 12.8 Å². The number of ether oxygens (including phenoxy) is 4. The van der Waals surface area contributed by atoms with Crippen LogP contribution in [-0.4, -0.2) is 91.3 Å². The lowest BCUT2D eigenvalue weighted by Gasteiger charge is -2.32. The molecule has 2 aromatic rings. The van der Waals surface area contributed by atoms with E-state index in [4.69, 9.17) is 24.7 Å². The highest BCUT2D eigenvalue weighted by atomic mass is 31.2. The first-order valence-corrected chi connectivity index (χ1v) is 15.8. The number of unbranched alkanes of at least 4 members (excludes halogenated alkanes) is 2. The number of carbonyl (C=O) groups excluding carboxylic acids is 2. The zero-order valence-electron chi connectivity index (χ0n) is 24.6. The lowest BCUT2D eigenvalue weighted by molar-refractivity contribution is -0.246. The molecule has 6 N–H and O–H groups in total. The molecule has 0 amide bonds. The van der Waals surface area contributed by atoms with Crippen LogP contribution in [0.25, 0.3) is 11.2 Å². The topological polar surface area (TPSA) is 222 Å². The molecule has 0 bridgehead atoms. The predicted molar refractivity (Wildman–Crippen MR) is 151 cm³/mol. The number of esters is 2. The third-order valence-corrected chi connectivity index (χ3v) is 8.80. The maximum atomic E-state index is 14.1. The van der Waals surface area contributed by atoms with Crippen molar-refractivity contribution in [3.8, 4) is 0 Å². The van der Waals surface area contributed by atoms with E-state index in [9.17, 15) is 24.4 Å². The predicted octanol–water partition coefficient (Wildman–Crippen LogP) is 1.19. The number of anilines is 1. The SMILES string of the molecule is CCCCOC(=O)[C@H](C)NP(=O)(CO[C@@]1(C)O[C@@H](n2cnc3c(N)ncnc32)[C@H](O)[C@@H]1O)N[C@@H](C)C(=O)OCCCC. The standard InChI is InChI=1S/C25H42N7O9P/c1-6-8-10-38-23(35)15(3)30-42(37,31-16(4)24(36)39-11-9-7-2)14-40-25(5)19(34)18(33)22(41-25)32-13-29-17-20(26)27-12-28-21(17)32/h12-13,15-16,18-19,22,33-34H,6-11,14H2,1-5H3,(H2,26,27,28)(H2,30,31,37)/t15-,16-,18+,19-,22+,25-/m0/s1. The highest BCUT2D eigenvalue weighted by molar-refractivity contribution is 7.59. The second kappa shape index (κ2) is 14.6. The van der Waals surface area contributed by atoms with Crippen molar-refractivity contribution in [2.24, 2.45) is 0 Å². The molecule has 0 radical (unpaired) electrons. The summed E-state index contributed by atoms with van der Waals surface area (Å²) >= 11 is 0. The molecule has 0 unspecified atom stereocenters. The molecule has 3 heterocycles. The largest absolute Gasteiger partial charge is 0.465 e. The number of nitrogen functional groups attached to an aromatic ring is 1. The van der Waals surface area contributed by atoms with E-state index in [2.05, 4.69) is 25.1 Å². The minimum atomic E-state index is -3.94. The molecule has 0 spiro atoms. The third-order valence-electron chi connectivity index (χ3n) is 6.70. The van der Waals surface area contributed by atoms with Gasteiger partial charge in [-0.3, -0.25) is 18.7 Å². The molecule has 1 aliphatic heterocycles. The normalized spacial score (nSPS) is 24.0. The lowest BCUT2D eigenvalue weighted by atomic mass is 10.1. The zero-order chi connectivity index (χ0) is 31.1. The van der Waals surface area contributed by atoms with Gasteiger partial charge in [-0.25, -0.2) is 25.1 Å². The molecule has 1 aliphatic rings. The van der Waals surface area contributed by atoms with Gasteiger partial charge < -0.3 is 34.9 Å². The molecule has 236 valence electrons. The van der Waals surface area contributed by atoms with Crippen LogP contribution in [-0.2, 0) is 33.1 Å². The van der Waals surface area contributed by atoms with Crippen LogP contribution in [0.15, 0.2) is 12.7 Å². The van der Waals surface area contributed by atoms with Crippen molar-refractivity contribution in [3.05, 3.63) is 12.7 Å². The molecule has 1 fully saturated rings. The average molecular weight is 616 g/mol. The van der Waals surface area contributed by atoms with Crippen molar-refractivity contribution in [1.29, 1.82) is 0 Å². The first-order valence-electron chi connectivity index (χ1n) is 13.9. The van der Waals surface area contributed by atoms with Crippen molar-refractivity contribution in [2.45, 2.75) is 96.6 Å². The van der Waals surface area contributed by atoms with E-state index < -0.39 is 62.0 Å². The second-order valence-electron chi connectivity index (χ2n) is 10.3. The fourth-order valence-electron chi connectivity index (χ4n) is 4.19. The Balaban J connectivity index is 1.78. The number of carbonyl (C=O) groups is 2. The number of aliphatic hydroxyl groups excluding tert-OH is 2. The Bertz CT molecular complexity index is 1230. The number of hydrogen-bond donors (Lipinski definition) is 5. The molecule has 1 saturated heterocycles. The number of aliphatic hydroxyl groups is 2. The lowest BCUT2D eigenvalue weighted by Crippen LogP contribution is -2.46. The Morgan fingerprint density at radius 1 is 1.10 bits per heavy atom. The Morgan fingerprint density at radius 3 is 2.21 bits per heavy atom. The second-order valence-corrected chi connectivity index (χ2v) is 12.6. The van der Waals surface area contributed by atoms with E-state index in [1.807, 2.05) is 13.8 Å². The summed E-state index contributed by atoms with van der Waals surface area (Å²) in [5.41, 5.74) is 6.38. The highest BCUT2D eigenvalue weighted by Crippen LogP contribution is 2.44. The van der Waals surface area contributed by atoms with Crippen molar-refractivity contribution >= 4 is 36.4 Å². The van der Waals surface area contributed by atoms with Gasteiger partial charge in [-0.15, -0.1) is 0 Å². The monoisotopic (exact) mass is 615 g/mol. The van der Waals surface area contributed by atoms with Crippen LogP contribution in [0.4, 0.5) is 5.82 Å². The van der Waals surface area contributed by atoms with E-state index in [1.54, 1.807) is 0 Å². The molecule has 3 rings (SSSR count). The summed E-state index contributed by atoms with van der Waals surface area (Å²) in [5, 5.41) is 27.2. The zero-order valence-corrected chi connectivity index (χ0v) is 25.5. The number of nitrogens with zero attached hydrogens (tertiary/aromatic N) is 4. The van der Waals surface area contributed by atoms with E-state index >= 15 is 0 Å². The summed E-state index contributed by atoms with van der Waals surface area (Å²) in [7, 11) is -3.94. The molecule has 17 heteroatoms. The fourth-order valence-corrected chi connectivity index (χ4v) is 6.31. The van der Waals surface area contributed by atoms with E-state index in [-0.39, 0.29) is 30.2 Å². The minimum Gasteiger partial charge on any atom is -0.465 e. The summed E-state index contributed by atoms with van der Waals surface area (Å²) in [6.45, 7) is 8.59. The number of nitrogens with one attached hydrogen (secondary N) is 2. The van der Waals surface area contributed by atoms with Crippen molar-refractivity contribution < 1.29 is 43.3 Å². The van der Waals surface area contributed by atoms with Gasteiger partial charge >= 0.3 is 11.9 Å². The molecular weight excluding hydrogens is 573 g/mol. The van der Waals surface area contributed by atoms with Gasteiger partial charge in [0.2, 0.25) is 7.44 Å². The molecule has 2 aromatic heterocycles. The average Bonchev–Trinajstić information content (AvgIpc) is 3.48. The number of aromatic nitrogens is 4. The molecule has 0 saturated carbocycles. The number of rotatable bonds is 16. The Morgan fingerprint density at radius 2 is 1.67 bits per heavy atom. The molecule has 0 aliphatic carbocycles. The van der Waals surface area contributed by atoms with Crippen LogP contribution in [0, 0.1) is 0 Å². The first-order chi connectivity index (χ1) is 19.9. The van der Waals surface area contributed by atoms with Crippen LogP contribution in [0.3, 0.4) is 0 Å². The van der Waals surface area contributed by atoms with Crippen molar-refractivity contribution in [2.75, 3.05) is 25.3 Å². The van der Waals surface area contributed by atoms with Crippen LogP contribution >= 0.6 is 7.44 Å². The molecular formula is C25H42N7O9P. The molecule has 0 aromatic carbocycles. The summed E-state index contributed by atoms with van der Waals surface area (Å²) in [4.78, 5) is 37.2. The Hall–Kier alpha value is -2.72. The van der Waals surface area contributed by atoms with Gasteiger partial charge in [0.25, 0.3) is 0 Å². The van der Waals surface area contributed by atoms with Crippen molar-refractivity contribution in [1.82, 2.24) is 29.7 Å². The van der Waals surface area contributed by atoms with Crippen LogP contribution in [0.2, 0.25) is 0 Å². The number of imidazole rings is 1. The van der Waals surface area contributed by atoms with Gasteiger partial charge in [-0.05, 0) is 33.6 Å². The summed E-state index contributed by atoms with van der Waals surface area (Å²) in [5.74, 6) is -3.05. The highest BCUT2D eigenvalue weighted by Gasteiger charge is 2.54. The molecule has 42 heavy (non-hydrogen) atoms. The number of fused-ring (bicyclic) bond motifs is 1. The van der Waals surface area contributed by atoms with Gasteiger partial charge in [0.1, 0.15) is 42.5 Å². The smallest absolute Gasteiger partial charge is 0.323 e. The first kappa shape index (κ1) is 33.8. The van der Waals surface area contributed by atoms with E-state index in [1.165, 1.54) is 38.0 Å². The molecule has 6 atom stereocenters. The quantitative estimate of drug-likeness (QED) is 0.102. The molecule has 16 nitrogen and oxygen atoms in total. The van der Waals surface area contributed by atoms with Crippen LogP contribution in [0.1, 0.15) is 66.5 Å². The number of hydrogen-bond acceptors (Lipinski definition) is 13. The third kappa shape index (κ3) is 8.01. The summed E-state index contributed by atoms with van der Waals surface area (Å²) in [6, 6.07) is -2.09. The van der Waals surface area contributed by atoms with Crippen LogP contribution < -0.4 is 15.9 Å². The van der Waals surface area contributed by atoms with Gasteiger partial charge in [-0.1, -0.05) is 26.7 Å². The summed E-state index contributed by atoms with van der Waals surface area (Å²) < 4.78 is 37.7. The maximum absolute atomic E-state index is 14.1. The van der Waals surface area contributed by atoms with Gasteiger partial charge in [0.15, 0.2) is 23.5 Å². The minimum absolute atomic E-state index is 0.119. The van der Waals surface area contributed by atoms with Gasteiger partial charge in [0.05, 0.1) is 19.5 Å². The van der Waals surface area contributed by atoms with E-state index in [0.717, 1.165) is 12.8 Å². The summed E-state index contributed by atoms with van der Waals surface area (Å²) in [6.07, 6.45) is 0.549. The number of nitrogens with two attached hydrogens (primary N) is 1. The fraction of sp³-hybridized carbons (Fsp3) is 0.720. The Labute approximate surface area is 244 Å². The van der Waals surface area contributed by atoms with Crippen LogP contribution in [0.5, 0.6) is 0 Å².